The van der Waals surface area contributed by atoms with Crippen LogP contribution in [0.25, 0.3) is 0 Å². The molecule has 1 aromatic rings. The fourth-order valence-corrected chi connectivity index (χ4v) is 3.20. The van der Waals surface area contributed by atoms with Crippen molar-refractivity contribution in [1.29, 1.82) is 0 Å². The summed E-state index contributed by atoms with van der Waals surface area (Å²) >= 11 is 7.80. The highest BCUT2D eigenvalue weighted by atomic mass is 35.5. The molecule has 5 nitrogen and oxygen atoms in total. The van der Waals surface area contributed by atoms with Gasteiger partial charge in [0.1, 0.15) is 0 Å². The predicted molar refractivity (Wildman–Crippen MR) is 78.0 cm³/mol. The second-order valence-electron chi connectivity index (χ2n) is 4.23. The first-order valence-electron chi connectivity index (χ1n) is 5.78. The molecular weight excluding hydrogens is 286 g/mol. The van der Waals surface area contributed by atoms with E-state index in [1.807, 2.05) is 0 Å². The number of oxime groups is 1. The molecule has 7 heteroatoms. The minimum absolute atomic E-state index is 0.0218. The molecule has 1 heterocycles. The molecule has 1 unspecified atom stereocenters. The molecule has 0 aliphatic carbocycles. The normalized spacial score (nSPS) is 19.4. The third-order valence-electron chi connectivity index (χ3n) is 2.93. The first-order chi connectivity index (χ1) is 9.11. The lowest BCUT2D eigenvalue weighted by Gasteiger charge is -2.12. The molecule has 1 saturated heterocycles. The molecule has 1 aliphatic heterocycles. The lowest BCUT2D eigenvalue weighted by molar-refractivity contribution is -0.119. The number of amidine groups is 1. The van der Waals surface area contributed by atoms with Gasteiger partial charge in [-0.3, -0.25) is 4.79 Å². The number of hydrogen-bond donors (Lipinski definition) is 3. The fraction of sp³-hybridized carbons (Fsp3) is 0.333. The second kappa shape index (κ2) is 6.16. The average molecular weight is 300 g/mol. The van der Waals surface area contributed by atoms with Gasteiger partial charge < -0.3 is 16.3 Å². The zero-order chi connectivity index (χ0) is 13.8. The maximum absolute atomic E-state index is 12.0. The summed E-state index contributed by atoms with van der Waals surface area (Å²) in [7, 11) is 0. The molecule has 4 N–H and O–H groups in total. The molecular formula is C12H14ClN3O2S. The Balaban J connectivity index is 2.16. The fourth-order valence-electron chi connectivity index (χ4n) is 1.81. The van der Waals surface area contributed by atoms with Gasteiger partial charge in [-0.05, 0) is 30.4 Å². The van der Waals surface area contributed by atoms with Gasteiger partial charge in [0.2, 0.25) is 5.91 Å². The Morgan fingerprint density at radius 3 is 3.00 bits per heavy atom. The van der Waals surface area contributed by atoms with E-state index in [-0.39, 0.29) is 17.7 Å². The van der Waals surface area contributed by atoms with Crippen molar-refractivity contribution in [3.63, 3.8) is 0 Å². The number of nitrogens with two attached hydrogens (primary N) is 1. The van der Waals surface area contributed by atoms with Crippen LogP contribution in [0.15, 0.2) is 23.4 Å². The second-order valence-corrected chi connectivity index (χ2v) is 5.79. The summed E-state index contributed by atoms with van der Waals surface area (Å²) in [5.74, 6) is 1.81. The van der Waals surface area contributed by atoms with Gasteiger partial charge in [0.05, 0.1) is 10.7 Å². The zero-order valence-corrected chi connectivity index (χ0v) is 11.7. The number of hydrogen-bond acceptors (Lipinski definition) is 4. The molecule has 1 atom stereocenters. The van der Waals surface area contributed by atoms with Gasteiger partial charge in [-0.1, -0.05) is 16.8 Å². The number of benzene rings is 1. The number of thioether (sulfide) groups is 1. The first kappa shape index (κ1) is 14.0. The highest BCUT2D eigenvalue weighted by molar-refractivity contribution is 7.99. The standard InChI is InChI=1S/C12H14ClN3O2S/c13-9-2-1-7(11(14)16-18)5-10(9)15-12(17)8-3-4-19-6-8/h1-2,5,8,18H,3-4,6H2,(H2,14,16)(H,15,17). The van der Waals surface area contributed by atoms with Gasteiger partial charge in [0.15, 0.2) is 5.84 Å². The quantitative estimate of drug-likeness (QED) is 0.345. The maximum atomic E-state index is 12.0. The van der Waals surface area contributed by atoms with Crippen LogP contribution >= 0.6 is 23.4 Å². The Morgan fingerprint density at radius 1 is 1.58 bits per heavy atom. The molecule has 0 saturated carbocycles. The zero-order valence-electron chi connectivity index (χ0n) is 10.1. The van der Waals surface area contributed by atoms with Gasteiger partial charge >= 0.3 is 0 Å². The van der Waals surface area contributed by atoms with Gasteiger partial charge in [-0.15, -0.1) is 0 Å². The summed E-state index contributed by atoms with van der Waals surface area (Å²) in [5, 5.41) is 14.8. The van der Waals surface area contributed by atoms with Crippen LogP contribution in [0.5, 0.6) is 0 Å². The van der Waals surface area contributed by atoms with Crippen LogP contribution in [0, 0.1) is 5.92 Å². The third kappa shape index (κ3) is 3.33. The summed E-state index contributed by atoms with van der Waals surface area (Å²) in [5.41, 5.74) is 6.49. The van der Waals surface area contributed by atoms with E-state index in [0.29, 0.717) is 16.3 Å². The molecule has 1 aliphatic rings. The van der Waals surface area contributed by atoms with Crippen molar-refractivity contribution >= 4 is 40.8 Å². The van der Waals surface area contributed by atoms with Crippen LogP contribution in [-0.2, 0) is 4.79 Å². The molecule has 1 aromatic carbocycles. The molecule has 0 spiro atoms. The Hall–Kier alpha value is -1.40. The van der Waals surface area contributed by atoms with E-state index in [1.54, 1.807) is 30.0 Å². The number of rotatable bonds is 3. The van der Waals surface area contributed by atoms with E-state index in [2.05, 4.69) is 10.5 Å². The number of carbonyl (C=O) groups is 1. The van der Waals surface area contributed by atoms with E-state index in [1.165, 1.54) is 0 Å². The minimum atomic E-state index is -0.0384. The monoisotopic (exact) mass is 299 g/mol. The molecule has 2 rings (SSSR count). The number of halogens is 1. The maximum Gasteiger partial charge on any atom is 0.228 e. The first-order valence-corrected chi connectivity index (χ1v) is 7.31. The Kier molecular flexibility index (Phi) is 4.55. The lowest BCUT2D eigenvalue weighted by atomic mass is 10.1. The van der Waals surface area contributed by atoms with Crippen molar-refractivity contribution in [2.45, 2.75) is 6.42 Å². The SMILES string of the molecule is NC(=NO)c1ccc(Cl)c(NC(=O)C2CCSC2)c1. The molecule has 0 bridgehead atoms. The molecule has 102 valence electrons. The molecule has 19 heavy (non-hydrogen) atoms. The van der Waals surface area contributed by atoms with Crippen molar-refractivity contribution in [1.82, 2.24) is 0 Å². The summed E-state index contributed by atoms with van der Waals surface area (Å²) < 4.78 is 0. The number of carbonyl (C=O) groups excluding carboxylic acids is 1. The lowest BCUT2D eigenvalue weighted by Crippen LogP contribution is -2.23. The van der Waals surface area contributed by atoms with E-state index < -0.39 is 0 Å². The predicted octanol–water partition coefficient (Wildman–Crippen LogP) is 2.13. The van der Waals surface area contributed by atoms with Crippen molar-refractivity contribution < 1.29 is 10.0 Å². The van der Waals surface area contributed by atoms with E-state index >= 15 is 0 Å². The summed E-state index contributed by atoms with van der Waals surface area (Å²) in [4.78, 5) is 12.0. The Bertz CT molecular complexity index is 516. The number of nitrogens with one attached hydrogen (secondary N) is 1. The smallest absolute Gasteiger partial charge is 0.228 e. The van der Waals surface area contributed by atoms with Crippen LogP contribution in [0.1, 0.15) is 12.0 Å². The Labute approximate surface area is 120 Å². The van der Waals surface area contributed by atoms with Crippen molar-refractivity contribution in [2.24, 2.45) is 16.8 Å². The van der Waals surface area contributed by atoms with Crippen molar-refractivity contribution in [3.8, 4) is 0 Å². The van der Waals surface area contributed by atoms with Gasteiger partial charge in [-0.2, -0.15) is 11.8 Å². The van der Waals surface area contributed by atoms with Gasteiger partial charge in [0.25, 0.3) is 0 Å². The summed E-state index contributed by atoms with van der Waals surface area (Å²) in [6.07, 6.45) is 0.883. The Morgan fingerprint density at radius 2 is 2.37 bits per heavy atom. The highest BCUT2D eigenvalue weighted by Gasteiger charge is 2.23. The number of anilines is 1. The molecule has 0 aromatic heterocycles. The number of nitrogens with zero attached hydrogens (tertiary/aromatic N) is 1. The van der Waals surface area contributed by atoms with E-state index in [9.17, 15) is 4.79 Å². The molecule has 0 radical (unpaired) electrons. The summed E-state index contributed by atoms with van der Waals surface area (Å²) in [6, 6.07) is 4.82. The van der Waals surface area contributed by atoms with Crippen LogP contribution in [-0.4, -0.2) is 28.5 Å². The van der Waals surface area contributed by atoms with Gasteiger partial charge in [0, 0.05) is 17.2 Å². The largest absolute Gasteiger partial charge is 0.409 e. The third-order valence-corrected chi connectivity index (χ3v) is 4.42. The van der Waals surface area contributed by atoms with E-state index in [0.717, 1.165) is 17.9 Å². The molecule has 1 amide bonds. The number of amides is 1. The summed E-state index contributed by atoms with van der Waals surface area (Å²) in [6.45, 7) is 0. The topological polar surface area (TPSA) is 87.7 Å². The van der Waals surface area contributed by atoms with Crippen molar-refractivity contribution in [3.05, 3.63) is 28.8 Å². The van der Waals surface area contributed by atoms with Crippen molar-refractivity contribution in [2.75, 3.05) is 16.8 Å². The van der Waals surface area contributed by atoms with Crippen LogP contribution < -0.4 is 11.1 Å². The van der Waals surface area contributed by atoms with Crippen LogP contribution in [0.3, 0.4) is 0 Å². The van der Waals surface area contributed by atoms with Crippen LogP contribution in [0.2, 0.25) is 5.02 Å². The molecule has 1 fully saturated rings. The van der Waals surface area contributed by atoms with E-state index in [4.69, 9.17) is 22.5 Å². The van der Waals surface area contributed by atoms with Crippen LogP contribution in [0.4, 0.5) is 5.69 Å². The highest BCUT2D eigenvalue weighted by Crippen LogP contribution is 2.27. The van der Waals surface area contributed by atoms with Gasteiger partial charge in [-0.25, -0.2) is 0 Å². The average Bonchev–Trinajstić information content (AvgIpc) is 2.94. The minimum Gasteiger partial charge on any atom is -0.409 e.